The van der Waals surface area contributed by atoms with E-state index in [-0.39, 0.29) is 13.2 Å². The number of hydrogen-bond acceptors (Lipinski definition) is 6. The van der Waals surface area contributed by atoms with E-state index in [0.29, 0.717) is 18.8 Å². The van der Waals surface area contributed by atoms with Gasteiger partial charge in [0.25, 0.3) is 0 Å². The van der Waals surface area contributed by atoms with Gasteiger partial charge in [-0.25, -0.2) is 14.5 Å². The van der Waals surface area contributed by atoms with Gasteiger partial charge in [-0.05, 0) is 31.4 Å². The molecule has 0 amide bonds. The highest BCUT2D eigenvalue weighted by molar-refractivity contribution is 5.93. The Morgan fingerprint density at radius 1 is 1.18 bits per heavy atom. The van der Waals surface area contributed by atoms with Gasteiger partial charge in [0, 0.05) is 18.8 Å². The lowest BCUT2D eigenvalue weighted by atomic mass is 10.2. The number of aliphatic hydroxyl groups excluding tert-OH is 1. The molecule has 144 valence electrons. The molecule has 8 heteroatoms. The standard InChI is InChI=1S/C20H22N6O2/c1-14-15(2)25(9-6-10-27)19-18(14)20-23-17(24-26(20)13-21-19)12-28-22-11-16-7-4-3-5-8-16/h3-5,7-8,11,13,27H,6,9-10,12H2,1-2H3. The van der Waals surface area contributed by atoms with Crippen LogP contribution in [0.1, 0.15) is 29.1 Å². The summed E-state index contributed by atoms with van der Waals surface area (Å²) in [6.07, 6.45) is 4.00. The molecule has 0 unspecified atom stereocenters. The average molecular weight is 378 g/mol. The summed E-state index contributed by atoms with van der Waals surface area (Å²) in [6, 6.07) is 9.74. The summed E-state index contributed by atoms with van der Waals surface area (Å²) in [4.78, 5) is 14.6. The van der Waals surface area contributed by atoms with Gasteiger partial charge in [-0.15, -0.1) is 5.10 Å². The maximum absolute atomic E-state index is 9.16. The van der Waals surface area contributed by atoms with E-state index in [0.717, 1.165) is 33.5 Å². The van der Waals surface area contributed by atoms with Crippen LogP contribution in [-0.4, -0.2) is 42.1 Å². The summed E-state index contributed by atoms with van der Waals surface area (Å²) in [7, 11) is 0. The van der Waals surface area contributed by atoms with Crippen LogP contribution < -0.4 is 0 Å². The summed E-state index contributed by atoms with van der Waals surface area (Å²) < 4.78 is 3.79. The van der Waals surface area contributed by atoms with Crippen molar-refractivity contribution in [3.63, 3.8) is 0 Å². The van der Waals surface area contributed by atoms with Crippen molar-refractivity contribution in [2.75, 3.05) is 6.61 Å². The molecule has 4 rings (SSSR count). The fraction of sp³-hybridized carbons (Fsp3) is 0.300. The zero-order valence-electron chi connectivity index (χ0n) is 15.9. The summed E-state index contributed by atoms with van der Waals surface area (Å²) in [6.45, 7) is 5.16. The van der Waals surface area contributed by atoms with Crippen LogP contribution in [0.4, 0.5) is 0 Å². The van der Waals surface area contributed by atoms with Gasteiger partial charge in [-0.3, -0.25) is 0 Å². The van der Waals surface area contributed by atoms with Crippen molar-refractivity contribution in [2.45, 2.75) is 33.4 Å². The Hall–Kier alpha value is -3.26. The largest absolute Gasteiger partial charge is 0.396 e. The maximum Gasteiger partial charge on any atom is 0.192 e. The number of nitrogens with zero attached hydrogens (tertiary/aromatic N) is 6. The van der Waals surface area contributed by atoms with Crippen molar-refractivity contribution in [3.05, 3.63) is 59.3 Å². The first-order valence-electron chi connectivity index (χ1n) is 9.20. The lowest BCUT2D eigenvalue weighted by Crippen LogP contribution is -2.03. The number of benzene rings is 1. The van der Waals surface area contributed by atoms with Crippen LogP contribution in [0.25, 0.3) is 16.7 Å². The van der Waals surface area contributed by atoms with Crippen molar-refractivity contribution in [3.8, 4) is 0 Å². The summed E-state index contributed by atoms with van der Waals surface area (Å²) in [5.41, 5.74) is 4.81. The second-order valence-electron chi connectivity index (χ2n) is 6.60. The molecule has 3 aromatic heterocycles. The quantitative estimate of drug-likeness (QED) is 0.394. The number of aryl methyl sites for hydroxylation is 2. The Labute approximate surface area is 162 Å². The van der Waals surface area contributed by atoms with Gasteiger partial charge in [0.15, 0.2) is 18.1 Å². The van der Waals surface area contributed by atoms with Crippen molar-refractivity contribution in [1.29, 1.82) is 0 Å². The third-order valence-electron chi connectivity index (χ3n) is 4.80. The number of aromatic nitrogens is 5. The molecule has 0 spiro atoms. The number of aliphatic hydroxyl groups is 1. The molecule has 0 saturated carbocycles. The van der Waals surface area contributed by atoms with E-state index in [1.54, 1.807) is 17.1 Å². The molecule has 8 nitrogen and oxygen atoms in total. The SMILES string of the molecule is Cc1c(C)n(CCCO)c2ncn3nc(CON=Cc4ccccc4)nc3c12. The van der Waals surface area contributed by atoms with Crippen LogP contribution in [0, 0.1) is 13.8 Å². The van der Waals surface area contributed by atoms with E-state index in [1.807, 2.05) is 30.3 Å². The number of rotatable bonds is 7. The minimum absolute atomic E-state index is 0.149. The van der Waals surface area contributed by atoms with E-state index in [9.17, 15) is 0 Å². The molecule has 3 heterocycles. The molecule has 0 aliphatic rings. The molecule has 0 atom stereocenters. The molecular weight excluding hydrogens is 356 g/mol. The van der Waals surface area contributed by atoms with Gasteiger partial charge >= 0.3 is 0 Å². The fourth-order valence-electron chi connectivity index (χ4n) is 3.27. The maximum atomic E-state index is 9.16. The van der Waals surface area contributed by atoms with Gasteiger partial charge in [-0.1, -0.05) is 35.5 Å². The van der Waals surface area contributed by atoms with E-state index in [2.05, 4.69) is 38.6 Å². The number of hydrogen-bond donors (Lipinski definition) is 1. The Balaban J connectivity index is 1.60. The van der Waals surface area contributed by atoms with Gasteiger partial charge in [-0.2, -0.15) is 0 Å². The minimum atomic E-state index is 0.149. The van der Waals surface area contributed by atoms with Crippen LogP contribution in [0.15, 0.2) is 41.8 Å². The molecule has 0 bridgehead atoms. The van der Waals surface area contributed by atoms with Crippen LogP contribution in [0.2, 0.25) is 0 Å². The van der Waals surface area contributed by atoms with Crippen LogP contribution in [0.5, 0.6) is 0 Å². The third-order valence-corrected chi connectivity index (χ3v) is 4.80. The highest BCUT2D eigenvalue weighted by Crippen LogP contribution is 2.27. The molecule has 1 aromatic carbocycles. The predicted molar refractivity (Wildman–Crippen MR) is 106 cm³/mol. The predicted octanol–water partition coefficient (Wildman–Crippen LogP) is 2.63. The molecule has 0 fully saturated rings. The highest BCUT2D eigenvalue weighted by Gasteiger charge is 2.17. The second-order valence-corrected chi connectivity index (χ2v) is 6.60. The molecule has 0 saturated heterocycles. The summed E-state index contributed by atoms with van der Waals surface area (Å²) in [5.74, 6) is 0.541. The lowest BCUT2D eigenvalue weighted by Gasteiger charge is -2.05. The molecule has 28 heavy (non-hydrogen) atoms. The fourth-order valence-corrected chi connectivity index (χ4v) is 3.27. The molecule has 1 N–H and O–H groups in total. The van der Waals surface area contributed by atoms with Crippen LogP contribution in [0.3, 0.4) is 0 Å². The summed E-state index contributed by atoms with van der Waals surface area (Å²) in [5, 5.41) is 18.6. The van der Waals surface area contributed by atoms with Crippen LogP contribution >= 0.6 is 0 Å². The van der Waals surface area contributed by atoms with Gasteiger partial charge in [0.05, 0.1) is 11.6 Å². The Morgan fingerprint density at radius 2 is 2.00 bits per heavy atom. The monoisotopic (exact) mass is 378 g/mol. The van der Waals surface area contributed by atoms with E-state index in [4.69, 9.17) is 9.94 Å². The number of fused-ring (bicyclic) bond motifs is 3. The Bertz CT molecular complexity index is 1130. The van der Waals surface area contributed by atoms with Gasteiger partial charge in [0.1, 0.15) is 12.0 Å². The minimum Gasteiger partial charge on any atom is -0.396 e. The van der Waals surface area contributed by atoms with Crippen molar-refractivity contribution >= 4 is 22.9 Å². The average Bonchev–Trinajstić information content (AvgIpc) is 3.23. The number of oxime groups is 1. The lowest BCUT2D eigenvalue weighted by molar-refractivity contribution is 0.126. The summed E-state index contributed by atoms with van der Waals surface area (Å²) >= 11 is 0. The first-order valence-corrected chi connectivity index (χ1v) is 9.20. The zero-order valence-corrected chi connectivity index (χ0v) is 15.9. The van der Waals surface area contributed by atoms with Crippen molar-refractivity contribution < 1.29 is 9.94 Å². The second kappa shape index (κ2) is 7.77. The molecule has 0 radical (unpaired) electrons. The molecule has 4 aromatic rings. The van der Waals surface area contributed by atoms with E-state index in [1.165, 1.54) is 0 Å². The first kappa shape index (κ1) is 18.1. The Kier molecular flexibility index (Phi) is 5.03. The van der Waals surface area contributed by atoms with Gasteiger partial charge in [0.2, 0.25) is 0 Å². The van der Waals surface area contributed by atoms with Crippen LogP contribution in [-0.2, 0) is 18.0 Å². The van der Waals surface area contributed by atoms with E-state index >= 15 is 0 Å². The van der Waals surface area contributed by atoms with E-state index < -0.39 is 0 Å². The smallest absolute Gasteiger partial charge is 0.192 e. The molecule has 0 aliphatic heterocycles. The van der Waals surface area contributed by atoms with Crippen molar-refractivity contribution in [2.24, 2.45) is 5.16 Å². The molecule has 0 aliphatic carbocycles. The highest BCUT2D eigenvalue weighted by atomic mass is 16.6. The van der Waals surface area contributed by atoms with Gasteiger partial charge < -0.3 is 14.5 Å². The Morgan fingerprint density at radius 3 is 2.79 bits per heavy atom. The van der Waals surface area contributed by atoms with Crippen molar-refractivity contribution in [1.82, 2.24) is 24.1 Å². The zero-order chi connectivity index (χ0) is 19.5. The molecular formula is C20H22N6O2. The normalized spacial score (nSPS) is 11.8. The third kappa shape index (κ3) is 3.34. The topological polar surface area (TPSA) is 89.8 Å². The first-order chi connectivity index (χ1) is 13.7.